The van der Waals surface area contributed by atoms with Crippen molar-refractivity contribution in [2.45, 2.75) is 0 Å². The van der Waals surface area contributed by atoms with E-state index in [4.69, 9.17) is 4.42 Å². The summed E-state index contributed by atoms with van der Waals surface area (Å²) in [5.74, 6) is 0. The molecule has 0 spiro atoms. The molecule has 0 aliphatic heterocycles. The summed E-state index contributed by atoms with van der Waals surface area (Å²) in [4.78, 5) is 2.36. The summed E-state index contributed by atoms with van der Waals surface area (Å²) in [6.07, 6.45) is 0. The normalized spacial score (nSPS) is 11.3. The molecule has 8 rings (SSSR count). The fraction of sp³-hybridized carbons (Fsp3) is 0. The van der Waals surface area contributed by atoms with Crippen molar-refractivity contribution in [1.29, 1.82) is 0 Å². The summed E-state index contributed by atoms with van der Waals surface area (Å²) in [6, 6.07) is 58.0. The number of hydrogen-bond acceptors (Lipinski definition) is 2. The zero-order valence-corrected chi connectivity index (χ0v) is 22.9. The maximum Gasteiger partial charge on any atom is 0.137 e. The number of furan rings is 1. The van der Waals surface area contributed by atoms with E-state index in [1.54, 1.807) is 0 Å². The Bertz CT molecular complexity index is 2210. The highest BCUT2D eigenvalue weighted by molar-refractivity contribution is 6.13. The molecule has 8 aromatic rings. The number of para-hydroxylation sites is 1. The molecular weight excluding hydrogens is 510 g/mol. The van der Waals surface area contributed by atoms with Gasteiger partial charge in [0.25, 0.3) is 0 Å². The van der Waals surface area contributed by atoms with Crippen LogP contribution in [0.1, 0.15) is 0 Å². The van der Waals surface area contributed by atoms with Crippen molar-refractivity contribution in [3.63, 3.8) is 0 Å². The molecule has 0 radical (unpaired) electrons. The summed E-state index contributed by atoms with van der Waals surface area (Å²) in [6.45, 7) is 0. The van der Waals surface area contributed by atoms with Gasteiger partial charge in [-0.25, -0.2) is 0 Å². The summed E-state index contributed by atoms with van der Waals surface area (Å²) in [5.41, 5.74) is 9.76. The third kappa shape index (κ3) is 4.22. The SMILES string of the molecule is c1ccc(-c2cccc(N(c3cccc(-c4ccc5ccccc5c4)c3)c3cccc4oc5ccccc5c34)c2)cc1. The average Bonchev–Trinajstić information content (AvgIpc) is 3.45. The summed E-state index contributed by atoms with van der Waals surface area (Å²) >= 11 is 0. The van der Waals surface area contributed by atoms with Gasteiger partial charge in [-0.15, -0.1) is 0 Å². The molecule has 42 heavy (non-hydrogen) atoms. The minimum atomic E-state index is 0.878. The van der Waals surface area contributed by atoms with Crippen molar-refractivity contribution < 1.29 is 4.42 Å². The van der Waals surface area contributed by atoms with Gasteiger partial charge in [0.1, 0.15) is 11.2 Å². The Balaban J connectivity index is 1.35. The van der Waals surface area contributed by atoms with Crippen LogP contribution in [0.25, 0.3) is 55.0 Å². The van der Waals surface area contributed by atoms with E-state index in [1.165, 1.54) is 33.0 Å². The minimum Gasteiger partial charge on any atom is -0.456 e. The fourth-order valence-corrected chi connectivity index (χ4v) is 6.02. The molecule has 1 heterocycles. The monoisotopic (exact) mass is 537 g/mol. The molecule has 0 saturated heterocycles. The summed E-state index contributed by atoms with van der Waals surface area (Å²) in [7, 11) is 0. The van der Waals surface area contributed by atoms with Gasteiger partial charge in [0.2, 0.25) is 0 Å². The quantitative estimate of drug-likeness (QED) is 0.217. The van der Waals surface area contributed by atoms with Crippen LogP contribution in [-0.4, -0.2) is 0 Å². The molecule has 198 valence electrons. The first kappa shape index (κ1) is 24.2. The Morgan fingerprint density at radius 1 is 0.381 bits per heavy atom. The zero-order chi connectivity index (χ0) is 27.9. The molecule has 0 aliphatic rings. The number of benzene rings is 7. The lowest BCUT2D eigenvalue weighted by molar-refractivity contribution is 0.669. The molecule has 0 amide bonds. The lowest BCUT2D eigenvalue weighted by Crippen LogP contribution is -2.10. The first-order valence-electron chi connectivity index (χ1n) is 14.3. The molecule has 0 atom stereocenters. The number of nitrogens with zero attached hydrogens (tertiary/aromatic N) is 1. The van der Waals surface area contributed by atoms with Crippen molar-refractivity contribution in [2.24, 2.45) is 0 Å². The van der Waals surface area contributed by atoms with E-state index in [-0.39, 0.29) is 0 Å². The predicted molar refractivity (Wildman–Crippen MR) is 177 cm³/mol. The van der Waals surface area contributed by atoms with E-state index in [0.717, 1.165) is 39.0 Å². The van der Waals surface area contributed by atoms with Gasteiger partial charge < -0.3 is 9.32 Å². The number of fused-ring (bicyclic) bond motifs is 4. The number of anilines is 3. The van der Waals surface area contributed by atoms with Crippen molar-refractivity contribution in [1.82, 2.24) is 0 Å². The van der Waals surface area contributed by atoms with Gasteiger partial charge in [-0.05, 0) is 81.6 Å². The van der Waals surface area contributed by atoms with E-state index >= 15 is 0 Å². The van der Waals surface area contributed by atoms with Gasteiger partial charge in [0.05, 0.1) is 11.1 Å². The Morgan fingerprint density at radius 3 is 1.79 bits per heavy atom. The smallest absolute Gasteiger partial charge is 0.137 e. The standard InChI is InChI=1S/C40H27NO/c1-2-11-28(12-3-1)31-15-8-17-34(26-31)41(37-20-10-22-39-40(37)36-19-6-7-21-38(36)42-39)35-18-9-16-32(27-35)33-24-23-29-13-4-5-14-30(29)25-33/h1-27H. The second-order valence-electron chi connectivity index (χ2n) is 10.6. The highest BCUT2D eigenvalue weighted by Crippen LogP contribution is 2.44. The lowest BCUT2D eigenvalue weighted by atomic mass is 10.00. The topological polar surface area (TPSA) is 16.4 Å². The lowest BCUT2D eigenvalue weighted by Gasteiger charge is -2.27. The molecule has 0 N–H and O–H groups in total. The van der Waals surface area contributed by atoms with Gasteiger partial charge in [0.15, 0.2) is 0 Å². The van der Waals surface area contributed by atoms with Crippen molar-refractivity contribution >= 4 is 49.8 Å². The van der Waals surface area contributed by atoms with Crippen molar-refractivity contribution in [2.75, 3.05) is 4.90 Å². The fourth-order valence-electron chi connectivity index (χ4n) is 6.02. The third-order valence-electron chi connectivity index (χ3n) is 8.02. The second kappa shape index (κ2) is 10.1. The summed E-state index contributed by atoms with van der Waals surface area (Å²) < 4.78 is 6.32. The second-order valence-corrected chi connectivity index (χ2v) is 10.6. The molecule has 0 fully saturated rings. The maximum atomic E-state index is 6.32. The molecule has 1 aromatic heterocycles. The van der Waals surface area contributed by atoms with Crippen LogP contribution in [0.3, 0.4) is 0 Å². The Morgan fingerprint density at radius 2 is 0.976 bits per heavy atom. The van der Waals surface area contributed by atoms with Crippen LogP contribution in [0.5, 0.6) is 0 Å². The van der Waals surface area contributed by atoms with E-state index in [0.29, 0.717) is 0 Å². The largest absolute Gasteiger partial charge is 0.456 e. The summed E-state index contributed by atoms with van der Waals surface area (Å²) in [5, 5.41) is 4.70. The van der Waals surface area contributed by atoms with Crippen LogP contribution in [-0.2, 0) is 0 Å². The van der Waals surface area contributed by atoms with E-state index in [2.05, 4.69) is 157 Å². The molecule has 0 saturated carbocycles. The zero-order valence-electron chi connectivity index (χ0n) is 22.9. The van der Waals surface area contributed by atoms with Crippen LogP contribution in [0.2, 0.25) is 0 Å². The Labute approximate surface area is 244 Å². The van der Waals surface area contributed by atoms with Crippen molar-refractivity contribution in [3.05, 3.63) is 164 Å². The highest BCUT2D eigenvalue weighted by atomic mass is 16.3. The van der Waals surface area contributed by atoms with Gasteiger partial charge in [-0.2, -0.15) is 0 Å². The van der Waals surface area contributed by atoms with Crippen LogP contribution >= 0.6 is 0 Å². The van der Waals surface area contributed by atoms with Crippen molar-refractivity contribution in [3.8, 4) is 22.3 Å². The third-order valence-corrected chi connectivity index (χ3v) is 8.02. The first-order chi connectivity index (χ1) is 20.8. The first-order valence-corrected chi connectivity index (χ1v) is 14.3. The molecule has 2 nitrogen and oxygen atoms in total. The number of hydrogen-bond donors (Lipinski definition) is 0. The number of rotatable bonds is 5. The van der Waals surface area contributed by atoms with E-state index in [9.17, 15) is 0 Å². The maximum absolute atomic E-state index is 6.32. The van der Waals surface area contributed by atoms with Crippen LogP contribution in [0.15, 0.2) is 168 Å². The van der Waals surface area contributed by atoms with Gasteiger partial charge in [-0.3, -0.25) is 0 Å². The minimum absolute atomic E-state index is 0.878. The van der Waals surface area contributed by atoms with Gasteiger partial charge in [0, 0.05) is 16.8 Å². The molecule has 2 heteroatoms. The van der Waals surface area contributed by atoms with Crippen LogP contribution in [0.4, 0.5) is 17.1 Å². The highest BCUT2D eigenvalue weighted by Gasteiger charge is 2.20. The Hall–Kier alpha value is -5.60. The average molecular weight is 538 g/mol. The molecule has 0 bridgehead atoms. The van der Waals surface area contributed by atoms with Crippen LogP contribution < -0.4 is 4.90 Å². The van der Waals surface area contributed by atoms with E-state index < -0.39 is 0 Å². The predicted octanol–water partition coefficient (Wildman–Crippen LogP) is 11.5. The molecule has 0 unspecified atom stereocenters. The van der Waals surface area contributed by atoms with Gasteiger partial charge in [-0.1, -0.05) is 115 Å². The van der Waals surface area contributed by atoms with E-state index in [1.807, 2.05) is 12.1 Å². The van der Waals surface area contributed by atoms with Gasteiger partial charge >= 0.3 is 0 Å². The Kier molecular flexibility index (Phi) is 5.82. The van der Waals surface area contributed by atoms with Crippen LogP contribution in [0, 0.1) is 0 Å². The molecule has 7 aromatic carbocycles. The molecule has 0 aliphatic carbocycles. The molecular formula is C40H27NO.